The molecule has 0 fully saturated rings. The number of nitrogens with one attached hydrogen (secondary N) is 1. The van der Waals surface area contributed by atoms with Crippen molar-refractivity contribution in [2.24, 2.45) is 5.10 Å². The lowest BCUT2D eigenvalue weighted by atomic mass is 10.1. The Balaban J connectivity index is 1.18. The molecule has 0 unspecified atom stereocenters. The Hall–Kier alpha value is -4.66. The van der Waals surface area contributed by atoms with Crippen LogP contribution >= 0.6 is 22.9 Å². The molecule has 1 atom stereocenters. The van der Waals surface area contributed by atoms with Gasteiger partial charge in [0.15, 0.2) is 17.6 Å². The summed E-state index contributed by atoms with van der Waals surface area (Å²) in [5, 5.41) is 5.18. The molecule has 7 nitrogen and oxygen atoms in total. The Morgan fingerprint density at radius 1 is 0.902 bits per heavy atom. The van der Waals surface area contributed by atoms with Crippen LogP contribution in [0.3, 0.4) is 0 Å². The second-order valence-corrected chi connectivity index (χ2v) is 10.4. The summed E-state index contributed by atoms with van der Waals surface area (Å²) in [6.45, 7) is 1.64. The zero-order valence-electron chi connectivity index (χ0n) is 22.2. The number of fused-ring (bicyclic) bond motifs is 1. The predicted octanol–water partition coefficient (Wildman–Crippen LogP) is 7.37. The van der Waals surface area contributed by atoms with E-state index in [1.165, 1.54) is 24.7 Å². The molecule has 0 radical (unpaired) electrons. The van der Waals surface area contributed by atoms with Crippen LogP contribution in [0.25, 0.3) is 21.2 Å². The molecule has 1 amide bonds. The number of benzene rings is 4. The van der Waals surface area contributed by atoms with Crippen LogP contribution in [0.15, 0.2) is 102 Å². The van der Waals surface area contributed by atoms with Crippen molar-refractivity contribution in [1.82, 2.24) is 5.43 Å². The van der Waals surface area contributed by atoms with E-state index in [0.29, 0.717) is 27.0 Å². The Kier molecular flexibility index (Phi) is 8.62. The van der Waals surface area contributed by atoms with Gasteiger partial charge in [0.05, 0.1) is 18.3 Å². The standard InChI is InChI=1S/C32H25ClN2O5S/c1-20(39-24-15-13-23(14-16-24)22-8-4-3-5-9-22)31(36)35-34-19-21-12-17-26(27(18-21)38-2)40-32(37)30-29(33)25-10-6-7-11-28(25)41-30/h3-20H,1-2H3,(H,35,36)/b34-19-/t20-/m1/s1. The van der Waals surface area contributed by atoms with Crippen LogP contribution in [0.5, 0.6) is 17.2 Å². The molecule has 0 aliphatic carbocycles. The van der Waals surface area contributed by atoms with Crippen LogP contribution in [0.4, 0.5) is 0 Å². The number of hydrogen-bond acceptors (Lipinski definition) is 7. The van der Waals surface area contributed by atoms with Gasteiger partial charge < -0.3 is 14.2 Å². The number of esters is 1. The van der Waals surface area contributed by atoms with Gasteiger partial charge in [0.25, 0.3) is 5.91 Å². The van der Waals surface area contributed by atoms with E-state index in [1.54, 1.807) is 25.1 Å². The van der Waals surface area contributed by atoms with E-state index in [2.05, 4.69) is 10.5 Å². The van der Waals surface area contributed by atoms with Gasteiger partial charge >= 0.3 is 5.97 Å². The van der Waals surface area contributed by atoms with E-state index in [-0.39, 0.29) is 5.75 Å². The summed E-state index contributed by atoms with van der Waals surface area (Å²) < 4.78 is 17.6. The lowest BCUT2D eigenvalue weighted by molar-refractivity contribution is -0.127. The minimum atomic E-state index is -0.772. The highest BCUT2D eigenvalue weighted by molar-refractivity contribution is 7.21. The quantitative estimate of drug-likeness (QED) is 0.0846. The number of nitrogens with zero attached hydrogens (tertiary/aromatic N) is 1. The number of hydrogen-bond donors (Lipinski definition) is 1. The Labute approximate surface area is 245 Å². The highest BCUT2D eigenvalue weighted by atomic mass is 35.5. The maximum absolute atomic E-state index is 12.8. The zero-order chi connectivity index (χ0) is 28.8. The molecular weight excluding hydrogens is 560 g/mol. The van der Waals surface area contributed by atoms with Gasteiger partial charge in [-0.05, 0) is 60.0 Å². The lowest BCUT2D eigenvalue weighted by Crippen LogP contribution is -2.33. The largest absolute Gasteiger partial charge is 0.493 e. The molecule has 41 heavy (non-hydrogen) atoms. The van der Waals surface area contributed by atoms with Crippen LogP contribution in [0, 0.1) is 0 Å². The molecule has 0 aliphatic rings. The van der Waals surface area contributed by atoms with Crippen LogP contribution < -0.4 is 19.6 Å². The number of thiophene rings is 1. The smallest absolute Gasteiger partial charge is 0.355 e. The van der Waals surface area contributed by atoms with Gasteiger partial charge in [0.2, 0.25) is 0 Å². The number of methoxy groups -OCH3 is 1. The van der Waals surface area contributed by atoms with Crippen molar-refractivity contribution in [2.45, 2.75) is 13.0 Å². The van der Waals surface area contributed by atoms with Crippen LogP contribution in [0.1, 0.15) is 22.2 Å². The molecule has 0 aliphatic heterocycles. The summed E-state index contributed by atoms with van der Waals surface area (Å²) in [7, 11) is 1.47. The van der Waals surface area contributed by atoms with Crippen molar-refractivity contribution in [3.63, 3.8) is 0 Å². The first-order valence-electron chi connectivity index (χ1n) is 12.6. The van der Waals surface area contributed by atoms with Gasteiger partial charge in [0.1, 0.15) is 10.6 Å². The van der Waals surface area contributed by atoms with E-state index >= 15 is 0 Å². The molecule has 0 spiro atoms. The number of rotatable bonds is 9. The van der Waals surface area contributed by atoms with Crippen molar-refractivity contribution in [3.05, 3.63) is 113 Å². The monoisotopic (exact) mass is 584 g/mol. The van der Waals surface area contributed by atoms with Crippen molar-refractivity contribution in [1.29, 1.82) is 0 Å². The number of carbonyl (C=O) groups is 2. The first-order valence-corrected chi connectivity index (χ1v) is 13.8. The summed E-state index contributed by atoms with van der Waals surface area (Å²) in [6, 6.07) is 29.9. The van der Waals surface area contributed by atoms with Crippen LogP contribution in [-0.4, -0.2) is 31.3 Å². The first-order chi connectivity index (χ1) is 19.9. The summed E-state index contributed by atoms with van der Waals surface area (Å²) in [4.78, 5) is 25.7. The molecule has 4 aromatic carbocycles. The van der Waals surface area contributed by atoms with Gasteiger partial charge in [-0.1, -0.05) is 72.3 Å². The highest BCUT2D eigenvalue weighted by Gasteiger charge is 2.20. The van der Waals surface area contributed by atoms with Gasteiger partial charge in [-0.2, -0.15) is 5.10 Å². The number of ether oxygens (including phenoxy) is 3. The Morgan fingerprint density at radius 2 is 1.61 bits per heavy atom. The van der Waals surface area contributed by atoms with Crippen molar-refractivity contribution < 1.29 is 23.8 Å². The SMILES string of the molecule is COc1cc(/C=N\NC(=O)[C@@H](C)Oc2ccc(-c3ccccc3)cc2)ccc1OC(=O)c1sc2ccccc2c1Cl. The first kappa shape index (κ1) is 27.9. The summed E-state index contributed by atoms with van der Waals surface area (Å²) in [5.74, 6) is 0.134. The van der Waals surface area contributed by atoms with E-state index in [9.17, 15) is 9.59 Å². The van der Waals surface area contributed by atoms with Crippen LogP contribution in [-0.2, 0) is 4.79 Å². The van der Waals surface area contributed by atoms with Gasteiger partial charge in [-0.3, -0.25) is 4.79 Å². The third-order valence-electron chi connectivity index (χ3n) is 6.14. The lowest BCUT2D eigenvalue weighted by Gasteiger charge is -2.13. The van der Waals surface area contributed by atoms with Crippen molar-refractivity contribution in [3.8, 4) is 28.4 Å². The summed E-state index contributed by atoms with van der Waals surface area (Å²) >= 11 is 7.68. The third kappa shape index (κ3) is 6.57. The predicted molar refractivity (Wildman–Crippen MR) is 162 cm³/mol. The second kappa shape index (κ2) is 12.7. The summed E-state index contributed by atoms with van der Waals surface area (Å²) in [6.07, 6.45) is 0.683. The van der Waals surface area contributed by atoms with E-state index in [1.807, 2.05) is 78.9 Å². The Morgan fingerprint density at radius 3 is 2.34 bits per heavy atom. The fourth-order valence-corrected chi connectivity index (χ4v) is 5.40. The maximum Gasteiger partial charge on any atom is 0.355 e. The average molecular weight is 585 g/mol. The molecule has 1 heterocycles. The number of hydrazone groups is 1. The fraction of sp³-hybridized carbons (Fsp3) is 0.0938. The van der Waals surface area contributed by atoms with Gasteiger partial charge in [0, 0.05) is 10.1 Å². The number of carbonyl (C=O) groups excluding carboxylic acids is 2. The zero-order valence-corrected chi connectivity index (χ0v) is 23.7. The molecule has 1 aromatic heterocycles. The fourth-order valence-electron chi connectivity index (χ4n) is 4.02. The molecule has 0 saturated heterocycles. The van der Waals surface area contributed by atoms with E-state index < -0.39 is 18.0 Å². The van der Waals surface area contributed by atoms with E-state index in [4.69, 9.17) is 25.8 Å². The van der Waals surface area contributed by atoms with Gasteiger partial charge in [-0.25, -0.2) is 10.2 Å². The topological polar surface area (TPSA) is 86.2 Å². The maximum atomic E-state index is 12.8. The molecule has 1 N–H and O–H groups in total. The average Bonchev–Trinajstić information content (AvgIpc) is 3.35. The van der Waals surface area contributed by atoms with Crippen molar-refractivity contribution in [2.75, 3.05) is 7.11 Å². The molecule has 0 saturated carbocycles. The van der Waals surface area contributed by atoms with Crippen molar-refractivity contribution >= 4 is 51.1 Å². The number of halogens is 1. The highest BCUT2D eigenvalue weighted by Crippen LogP contribution is 2.37. The van der Waals surface area contributed by atoms with E-state index in [0.717, 1.165) is 21.2 Å². The molecule has 9 heteroatoms. The van der Waals surface area contributed by atoms with Crippen LogP contribution in [0.2, 0.25) is 5.02 Å². The molecule has 5 aromatic rings. The minimum absolute atomic E-state index is 0.229. The molecule has 5 rings (SSSR count). The second-order valence-electron chi connectivity index (χ2n) is 8.93. The molecule has 206 valence electrons. The molecular formula is C32H25ClN2O5S. The molecule has 0 bridgehead atoms. The normalized spacial score (nSPS) is 11.8. The minimum Gasteiger partial charge on any atom is -0.493 e. The third-order valence-corrected chi connectivity index (χ3v) is 7.80. The summed E-state index contributed by atoms with van der Waals surface area (Å²) in [5.41, 5.74) is 5.25. The van der Waals surface area contributed by atoms with Gasteiger partial charge in [-0.15, -0.1) is 11.3 Å². The Bertz CT molecular complexity index is 1720. The number of amides is 1.